The third-order valence-electron chi connectivity index (χ3n) is 6.58. The molecular formula is C20H28N2O3. The molecule has 2 saturated carbocycles. The lowest BCUT2D eigenvalue weighted by Gasteiger charge is -2.34. The predicted molar refractivity (Wildman–Crippen MR) is 100 cm³/mol. The maximum atomic E-state index is 5.38. The van der Waals surface area contributed by atoms with Crippen LogP contribution in [0, 0.1) is 16.7 Å². The predicted octanol–water partition coefficient (Wildman–Crippen LogP) is 4.33. The van der Waals surface area contributed by atoms with E-state index in [1.54, 1.807) is 27.5 Å². The quantitative estimate of drug-likeness (QED) is 0.590. The number of fused-ring (bicyclic) bond motifs is 2. The van der Waals surface area contributed by atoms with Crippen LogP contribution in [0.25, 0.3) is 0 Å². The van der Waals surface area contributed by atoms with Crippen molar-refractivity contribution in [2.45, 2.75) is 40.0 Å². The van der Waals surface area contributed by atoms with Gasteiger partial charge in [-0.1, -0.05) is 20.8 Å². The Hall–Kier alpha value is -2.04. The Labute approximate surface area is 150 Å². The van der Waals surface area contributed by atoms with E-state index in [4.69, 9.17) is 14.2 Å². The first kappa shape index (κ1) is 17.8. The van der Waals surface area contributed by atoms with Crippen LogP contribution in [0.1, 0.15) is 45.6 Å². The third kappa shape index (κ3) is 2.70. The van der Waals surface area contributed by atoms with E-state index in [2.05, 4.69) is 31.0 Å². The summed E-state index contributed by atoms with van der Waals surface area (Å²) in [5.74, 6) is 2.54. The van der Waals surface area contributed by atoms with Gasteiger partial charge in [0.25, 0.3) is 0 Å². The van der Waals surface area contributed by atoms with Crippen molar-refractivity contribution in [1.82, 2.24) is 0 Å². The number of hydrogen-bond acceptors (Lipinski definition) is 5. The van der Waals surface area contributed by atoms with Gasteiger partial charge in [0.1, 0.15) is 0 Å². The van der Waals surface area contributed by atoms with Crippen LogP contribution < -0.4 is 14.2 Å². The molecule has 25 heavy (non-hydrogen) atoms. The second kappa shape index (κ2) is 6.36. The smallest absolute Gasteiger partial charge is 0.203 e. The molecule has 0 unspecified atom stereocenters. The molecular weight excluding hydrogens is 316 g/mol. The SMILES string of the molecule is COc1cc(/C=N\N=C2\C[C@@H]3CC[C@@]2(C)C3(C)C)cc(OC)c1OC. The summed E-state index contributed by atoms with van der Waals surface area (Å²) in [6.07, 6.45) is 5.33. The Morgan fingerprint density at radius 1 is 1.04 bits per heavy atom. The van der Waals surface area contributed by atoms with E-state index < -0.39 is 0 Å². The first-order valence-corrected chi connectivity index (χ1v) is 8.77. The summed E-state index contributed by atoms with van der Waals surface area (Å²) in [6.45, 7) is 7.08. The van der Waals surface area contributed by atoms with Gasteiger partial charge in [0.05, 0.1) is 27.5 Å². The molecule has 0 amide bonds. The fourth-order valence-corrected chi connectivity index (χ4v) is 4.42. The van der Waals surface area contributed by atoms with E-state index in [0.29, 0.717) is 22.7 Å². The van der Waals surface area contributed by atoms with E-state index >= 15 is 0 Å². The molecule has 2 bridgehead atoms. The molecule has 0 saturated heterocycles. The molecule has 5 nitrogen and oxygen atoms in total. The minimum Gasteiger partial charge on any atom is -0.493 e. The molecule has 0 heterocycles. The van der Waals surface area contributed by atoms with Crippen LogP contribution in [0.5, 0.6) is 17.2 Å². The van der Waals surface area contributed by atoms with Crippen LogP contribution in [0.4, 0.5) is 0 Å². The normalized spacial score (nSPS) is 28.7. The molecule has 0 N–H and O–H groups in total. The zero-order chi connectivity index (χ0) is 18.2. The lowest BCUT2D eigenvalue weighted by atomic mass is 9.70. The van der Waals surface area contributed by atoms with Gasteiger partial charge < -0.3 is 14.2 Å². The van der Waals surface area contributed by atoms with Crippen LogP contribution in [-0.4, -0.2) is 33.3 Å². The van der Waals surface area contributed by atoms with Gasteiger partial charge in [-0.25, -0.2) is 0 Å². The van der Waals surface area contributed by atoms with E-state index in [1.165, 1.54) is 18.6 Å². The maximum Gasteiger partial charge on any atom is 0.203 e. The van der Waals surface area contributed by atoms with Crippen molar-refractivity contribution >= 4 is 11.9 Å². The zero-order valence-corrected chi connectivity index (χ0v) is 16.0. The molecule has 0 aliphatic heterocycles. The van der Waals surface area contributed by atoms with Gasteiger partial charge in [0, 0.05) is 16.7 Å². The summed E-state index contributed by atoms with van der Waals surface area (Å²) < 4.78 is 16.1. The third-order valence-corrected chi connectivity index (χ3v) is 6.58. The van der Waals surface area contributed by atoms with Crippen LogP contribution in [-0.2, 0) is 0 Å². The molecule has 0 aromatic heterocycles. The molecule has 0 spiro atoms. The van der Waals surface area contributed by atoms with Crippen LogP contribution in [0.2, 0.25) is 0 Å². The van der Waals surface area contributed by atoms with Crippen molar-refractivity contribution in [3.63, 3.8) is 0 Å². The molecule has 5 heteroatoms. The van der Waals surface area contributed by atoms with E-state index in [9.17, 15) is 0 Å². The molecule has 3 rings (SSSR count). The number of hydrogen-bond donors (Lipinski definition) is 0. The fourth-order valence-electron chi connectivity index (χ4n) is 4.42. The number of methoxy groups -OCH3 is 3. The summed E-state index contributed by atoms with van der Waals surface area (Å²) in [5.41, 5.74) is 2.59. The molecule has 2 atom stereocenters. The van der Waals surface area contributed by atoms with Crippen molar-refractivity contribution in [2.24, 2.45) is 27.0 Å². The number of ether oxygens (including phenoxy) is 3. The monoisotopic (exact) mass is 344 g/mol. The molecule has 136 valence electrons. The second-order valence-electron chi connectivity index (χ2n) is 7.74. The first-order valence-electron chi connectivity index (χ1n) is 8.77. The summed E-state index contributed by atoms with van der Waals surface area (Å²) in [7, 11) is 4.81. The topological polar surface area (TPSA) is 52.4 Å². The van der Waals surface area contributed by atoms with E-state index in [0.717, 1.165) is 17.9 Å². The molecule has 2 fully saturated rings. The highest BCUT2D eigenvalue weighted by Crippen LogP contribution is 2.64. The van der Waals surface area contributed by atoms with Gasteiger partial charge in [-0.15, -0.1) is 0 Å². The maximum absolute atomic E-state index is 5.38. The largest absolute Gasteiger partial charge is 0.493 e. The van der Waals surface area contributed by atoms with Crippen molar-refractivity contribution in [1.29, 1.82) is 0 Å². The lowest BCUT2D eigenvalue weighted by molar-refractivity contribution is 0.194. The highest BCUT2D eigenvalue weighted by atomic mass is 16.5. The number of rotatable bonds is 5. The Kier molecular flexibility index (Phi) is 4.52. The van der Waals surface area contributed by atoms with Gasteiger partial charge in [-0.3, -0.25) is 0 Å². The highest BCUT2D eigenvalue weighted by molar-refractivity contribution is 5.94. The summed E-state index contributed by atoms with van der Waals surface area (Å²) in [5, 5.41) is 8.97. The Bertz CT molecular complexity index is 699. The summed E-state index contributed by atoms with van der Waals surface area (Å²) in [4.78, 5) is 0. The second-order valence-corrected chi connectivity index (χ2v) is 7.74. The number of nitrogens with zero attached hydrogens (tertiary/aromatic N) is 2. The molecule has 1 aromatic rings. The van der Waals surface area contributed by atoms with Gasteiger partial charge >= 0.3 is 0 Å². The van der Waals surface area contributed by atoms with E-state index in [1.807, 2.05) is 12.1 Å². The van der Waals surface area contributed by atoms with Crippen molar-refractivity contribution in [2.75, 3.05) is 21.3 Å². The highest BCUT2D eigenvalue weighted by Gasteiger charge is 2.59. The van der Waals surface area contributed by atoms with Crippen LogP contribution in [0.15, 0.2) is 22.3 Å². The number of benzene rings is 1. The molecule has 0 radical (unpaired) electrons. The minimum atomic E-state index is 0.171. The summed E-state index contributed by atoms with van der Waals surface area (Å²) in [6, 6.07) is 3.75. The van der Waals surface area contributed by atoms with Gasteiger partial charge in [-0.2, -0.15) is 10.2 Å². The molecule has 2 aliphatic carbocycles. The average molecular weight is 344 g/mol. The van der Waals surface area contributed by atoms with Gasteiger partial charge in [0.15, 0.2) is 11.5 Å². The average Bonchev–Trinajstić information content (AvgIpc) is 2.94. The Morgan fingerprint density at radius 3 is 2.12 bits per heavy atom. The molecule has 1 aromatic carbocycles. The molecule has 2 aliphatic rings. The van der Waals surface area contributed by atoms with Gasteiger partial charge in [-0.05, 0) is 42.7 Å². The first-order chi connectivity index (χ1) is 11.9. The standard InChI is InChI=1S/C20H28N2O3/c1-19(2)14-7-8-20(19,3)17(11-14)22-21-12-13-9-15(23-4)18(25-6)16(10-13)24-5/h9-10,12,14H,7-8,11H2,1-6H3/b21-12-,22-17-/t14-,20+/m0/s1. The fraction of sp³-hybridized carbons (Fsp3) is 0.600. The van der Waals surface area contributed by atoms with Crippen molar-refractivity contribution in [3.05, 3.63) is 17.7 Å². The summed E-state index contributed by atoms with van der Waals surface area (Å²) >= 11 is 0. The van der Waals surface area contributed by atoms with Crippen molar-refractivity contribution < 1.29 is 14.2 Å². The van der Waals surface area contributed by atoms with Gasteiger partial charge in [0.2, 0.25) is 5.75 Å². The Morgan fingerprint density at radius 2 is 1.68 bits per heavy atom. The van der Waals surface area contributed by atoms with Crippen LogP contribution >= 0.6 is 0 Å². The zero-order valence-electron chi connectivity index (χ0n) is 16.0. The Balaban J connectivity index is 1.86. The van der Waals surface area contributed by atoms with Crippen molar-refractivity contribution in [3.8, 4) is 17.2 Å². The van der Waals surface area contributed by atoms with E-state index in [-0.39, 0.29) is 5.41 Å². The lowest BCUT2D eigenvalue weighted by Crippen LogP contribution is -2.32. The van der Waals surface area contributed by atoms with Crippen LogP contribution in [0.3, 0.4) is 0 Å². The minimum absolute atomic E-state index is 0.171.